The minimum Gasteiger partial charge on any atom is -0.479 e. The summed E-state index contributed by atoms with van der Waals surface area (Å²) in [6.07, 6.45) is -0.707. The third kappa shape index (κ3) is 3.14. The van der Waals surface area contributed by atoms with E-state index in [-0.39, 0.29) is 6.04 Å². The van der Waals surface area contributed by atoms with Crippen LogP contribution in [0, 0.1) is 13.8 Å². The number of aryl methyl sites for hydroxylation is 2. The number of ether oxygens (including phenoxy) is 1. The summed E-state index contributed by atoms with van der Waals surface area (Å²) in [5, 5.41) is 9.05. The van der Waals surface area contributed by atoms with Crippen molar-refractivity contribution in [3.05, 3.63) is 34.9 Å². The molecule has 1 aliphatic rings. The second-order valence-electron chi connectivity index (χ2n) is 5.23. The Morgan fingerprint density at radius 3 is 2.84 bits per heavy atom. The van der Waals surface area contributed by atoms with E-state index in [0.29, 0.717) is 13.2 Å². The van der Waals surface area contributed by atoms with Crippen LogP contribution in [0.4, 0.5) is 0 Å². The normalized spacial score (nSPS) is 22.2. The molecule has 2 rings (SSSR count). The second-order valence-corrected chi connectivity index (χ2v) is 5.23. The molecule has 1 saturated heterocycles. The lowest BCUT2D eigenvalue weighted by molar-refractivity contribution is -0.157. The molecule has 0 bridgehead atoms. The topological polar surface area (TPSA) is 49.8 Å². The molecule has 0 spiro atoms. The van der Waals surface area contributed by atoms with Crippen molar-refractivity contribution in [2.75, 3.05) is 19.7 Å². The van der Waals surface area contributed by atoms with Crippen LogP contribution in [-0.4, -0.2) is 41.8 Å². The lowest BCUT2D eigenvalue weighted by atomic mass is 9.98. The van der Waals surface area contributed by atoms with Crippen LogP contribution in [0.2, 0.25) is 0 Å². The van der Waals surface area contributed by atoms with Gasteiger partial charge in [-0.05, 0) is 31.9 Å². The number of aliphatic carboxylic acids is 1. The van der Waals surface area contributed by atoms with E-state index in [1.165, 1.54) is 16.7 Å². The average Bonchev–Trinajstić information content (AvgIpc) is 2.38. The van der Waals surface area contributed by atoms with E-state index in [9.17, 15) is 4.79 Å². The predicted molar refractivity (Wildman–Crippen MR) is 73.3 cm³/mol. The Morgan fingerprint density at radius 2 is 2.21 bits per heavy atom. The Kier molecular flexibility index (Phi) is 4.22. The zero-order chi connectivity index (χ0) is 14.0. The number of morpholine rings is 1. The number of carboxylic acids is 1. The van der Waals surface area contributed by atoms with Gasteiger partial charge >= 0.3 is 5.97 Å². The summed E-state index contributed by atoms with van der Waals surface area (Å²) < 4.78 is 5.26. The van der Waals surface area contributed by atoms with Crippen LogP contribution < -0.4 is 0 Å². The number of carbonyl (C=O) groups is 1. The van der Waals surface area contributed by atoms with Crippen molar-refractivity contribution in [1.82, 2.24) is 4.90 Å². The predicted octanol–water partition coefficient (Wildman–Crippen LogP) is 2.15. The van der Waals surface area contributed by atoms with Gasteiger partial charge in [-0.15, -0.1) is 0 Å². The van der Waals surface area contributed by atoms with Gasteiger partial charge in [-0.1, -0.05) is 23.8 Å². The molecule has 104 valence electrons. The van der Waals surface area contributed by atoms with Gasteiger partial charge in [0.2, 0.25) is 0 Å². The molecule has 0 aliphatic carbocycles. The van der Waals surface area contributed by atoms with Crippen molar-refractivity contribution in [2.45, 2.75) is 32.9 Å². The van der Waals surface area contributed by atoms with Crippen LogP contribution in [0.15, 0.2) is 18.2 Å². The maximum absolute atomic E-state index is 11.0. The monoisotopic (exact) mass is 263 g/mol. The van der Waals surface area contributed by atoms with Crippen LogP contribution in [-0.2, 0) is 9.53 Å². The van der Waals surface area contributed by atoms with E-state index in [4.69, 9.17) is 9.84 Å². The molecule has 1 aliphatic heterocycles. The van der Waals surface area contributed by atoms with Gasteiger partial charge in [0.25, 0.3) is 0 Å². The quantitative estimate of drug-likeness (QED) is 0.908. The van der Waals surface area contributed by atoms with Gasteiger partial charge in [0, 0.05) is 19.1 Å². The number of rotatable bonds is 3. The lowest BCUT2D eigenvalue weighted by Crippen LogP contribution is -2.46. The molecule has 4 heteroatoms. The fourth-order valence-corrected chi connectivity index (χ4v) is 2.66. The molecule has 0 amide bonds. The molecule has 0 saturated carbocycles. The van der Waals surface area contributed by atoms with Crippen molar-refractivity contribution in [3.8, 4) is 0 Å². The van der Waals surface area contributed by atoms with Crippen molar-refractivity contribution >= 4 is 5.97 Å². The highest BCUT2D eigenvalue weighted by molar-refractivity contribution is 5.72. The summed E-state index contributed by atoms with van der Waals surface area (Å²) in [5.74, 6) is -0.877. The molecule has 1 fully saturated rings. The maximum atomic E-state index is 11.0. The molecule has 19 heavy (non-hydrogen) atoms. The lowest BCUT2D eigenvalue weighted by Gasteiger charge is -2.36. The van der Waals surface area contributed by atoms with Crippen LogP contribution >= 0.6 is 0 Å². The molecule has 0 radical (unpaired) electrons. The van der Waals surface area contributed by atoms with Gasteiger partial charge in [-0.3, -0.25) is 4.90 Å². The van der Waals surface area contributed by atoms with E-state index in [2.05, 4.69) is 43.9 Å². The molecule has 1 aromatic rings. The first-order valence-corrected chi connectivity index (χ1v) is 6.64. The molecular weight excluding hydrogens is 242 g/mol. The van der Waals surface area contributed by atoms with Crippen LogP contribution in [0.3, 0.4) is 0 Å². The van der Waals surface area contributed by atoms with Crippen LogP contribution in [0.5, 0.6) is 0 Å². The molecule has 1 aromatic carbocycles. The van der Waals surface area contributed by atoms with E-state index >= 15 is 0 Å². The first-order valence-electron chi connectivity index (χ1n) is 6.64. The minimum atomic E-state index is -0.877. The zero-order valence-electron chi connectivity index (χ0n) is 11.7. The molecule has 4 nitrogen and oxygen atoms in total. The first-order chi connectivity index (χ1) is 8.99. The number of carboxylic acid groups (broad SMARTS) is 1. The molecule has 2 atom stereocenters. The smallest absolute Gasteiger partial charge is 0.334 e. The van der Waals surface area contributed by atoms with Gasteiger partial charge in [0.15, 0.2) is 6.10 Å². The first kappa shape index (κ1) is 14.0. The summed E-state index contributed by atoms with van der Waals surface area (Å²) >= 11 is 0. The van der Waals surface area contributed by atoms with Gasteiger partial charge < -0.3 is 9.84 Å². The van der Waals surface area contributed by atoms with Gasteiger partial charge in [-0.25, -0.2) is 4.79 Å². The molecule has 1 N–H and O–H groups in total. The Morgan fingerprint density at radius 1 is 1.47 bits per heavy atom. The fourth-order valence-electron chi connectivity index (χ4n) is 2.66. The van der Waals surface area contributed by atoms with Crippen LogP contribution in [0.25, 0.3) is 0 Å². The number of hydrogen-bond acceptors (Lipinski definition) is 3. The summed E-state index contributed by atoms with van der Waals surface area (Å²) in [5.41, 5.74) is 3.77. The summed E-state index contributed by atoms with van der Waals surface area (Å²) in [4.78, 5) is 13.2. The number of nitrogens with zero attached hydrogens (tertiary/aromatic N) is 1. The van der Waals surface area contributed by atoms with E-state index in [0.717, 1.165) is 6.54 Å². The third-order valence-corrected chi connectivity index (χ3v) is 3.80. The van der Waals surface area contributed by atoms with Crippen molar-refractivity contribution < 1.29 is 14.6 Å². The van der Waals surface area contributed by atoms with Crippen molar-refractivity contribution in [2.24, 2.45) is 0 Å². The largest absolute Gasteiger partial charge is 0.479 e. The Bertz CT molecular complexity index is 472. The molecule has 0 aromatic heterocycles. The minimum absolute atomic E-state index is 0.214. The van der Waals surface area contributed by atoms with E-state index in [1.54, 1.807) is 0 Å². The third-order valence-electron chi connectivity index (χ3n) is 3.80. The van der Waals surface area contributed by atoms with E-state index < -0.39 is 12.1 Å². The Hall–Kier alpha value is -1.39. The van der Waals surface area contributed by atoms with Gasteiger partial charge in [0.1, 0.15) is 0 Å². The highest BCUT2D eigenvalue weighted by atomic mass is 16.5. The Balaban J connectivity index is 2.14. The highest BCUT2D eigenvalue weighted by Gasteiger charge is 2.29. The number of benzene rings is 1. The summed E-state index contributed by atoms with van der Waals surface area (Å²) in [7, 11) is 0. The Labute approximate surface area is 114 Å². The average molecular weight is 263 g/mol. The number of hydrogen-bond donors (Lipinski definition) is 1. The van der Waals surface area contributed by atoms with E-state index in [1.807, 2.05) is 0 Å². The molecule has 1 heterocycles. The van der Waals surface area contributed by atoms with Gasteiger partial charge in [-0.2, -0.15) is 0 Å². The highest BCUT2D eigenvalue weighted by Crippen LogP contribution is 2.26. The second kappa shape index (κ2) is 5.72. The van der Waals surface area contributed by atoms with Crippen molar-refractivity contribution in [1.29, 1.82) is 0 Å². The van der Waals surface area contributed by atoms with Crippen LogP contribution in [0.1, 0.15) is 29.7 Å². The molecular formula is C15H21NO3. The zero-order valence-corrected chi connectivity index (χ0v) is 11.7. The fraction of sp³-hybridized carbons (Fsp3) is 0.533. The van der Waals surface area contributed by atoms with Crippen molar-refractivity contribution in [3.63, 3.8) is 0 Å². The standard InChI is InChI=1S/C15H21NO3/c1-10-4-5-13(11(2)8-10)12(3)16-6-7-19-14(9-16)15(17)18/h4-5,8,12,14H,6-7,9H2,1-3H3,(H,17,18). The summed E-state index contributed by atoms with van der Waals surface area (Å²) in [6.45, 7) is 8.01. The molecule has 2 unspecified atom stereocenters. The summed E-state index contributed by atoms with van der Waals surface area (Å²) in [6, 6.07) is 6.63. The SMILES string of the molecule is Cc1ccc(C(C)N2CCOC(C(=O)O)C2)c(C)c1. The maximum Gasteiger partial charge on any atom is 0.334 e. The van der Waals surface area contributed by atoms with Gasteiger partial charge in [0.05, 0.1) is 6.61 Å².